The molecule has 0 aliphatic rings. The van der Waals surface area contributed by atoms with Crippen LogP contribution in [0.4, 0.5) is 5.82 Å². The third-order valence-electron chi connectivity index (χ3n) is 3.04. The van der Waals surface area contributed by atoms with Crippen molar-refractivity contribution in [2.45, 2.75) is 26.8 Å². The minimum absolute atomic E-state index is 0.249. The molecule has 18 heavy (non-hydrogen) atoms. The summed E-state index contributed by atoms with van der Waals surface area (Å²) < 4.78 is 1.04. The van der Waals surface area contributed by atoms with Crippen molar-refractivity contribution in [2.24, 2.45) is 0 Å². The lowest BCUT2D eigenvalue weighted by Crippen LogP contribution is -2.09. The molecular formula is C15H17BrN2. The molecule has 0 radical (unpaired) electrons. The highest BCUT2D eigenvalue weighted by Gasteiger charge is 2.08. The Morgan fingerprint density at radius 1 is 1.11 bits per heavy atom. The summed E-state index contributed by atoms with van der Waals surface area (Å²) in [5, 5.41) is 3.44. The summed E-state index contributed by atoms with van der Waals surface area (Å²) in [7, 11) is 0. The Morgan fingerprint density at radius 3 is 2.50 bits per heavy atom. The van der Waals surface area contributed by atoms with Crippen molar-refractivity contribution < 1.29 is 0 Å². The molecule has 1 atom stereocenters. The lowest BCUT2D eigenvalue weighted by Gasteiger charge is -2.17. The molecule has 0 saturated heterocycles. The van der Waals surface area contributed by atoms with Crippen LogP contribution in [0.3, 0.4) is 0 Å². The van der Waals surface area contributed by atoms with E-state index in [9.17, 15) is 0 Å². The quantitative estimate of drug-likeness (QED) is 0.894. The molecule has 0 amide bonds. The average molecular weight is 305 g/mol. The van der Waals surface area contributed by atoms with E-state index >= 15 is 0 Å². The first-order chi connectivity index (χ1) is 8.58. The van der Waals surface area contributed by atoms with Crippen molar-refractivity contribution in [3.8, 4) is 0 Å². The largest absolute Gasteiger partial charge is 0.364 e. The highest BCUT2D eigenvalue weighted by atomic mass is 79.9. The van der Waals surface area contributed by atoms with Gasteiger partial charge in [-0.25, -0.2) is 4.98 Å². The molecule has 1 N–H and O–H groups in total. The van der Waals surface area contributed by atoms with E-state index in [1.165, 1.54) is 11.1 Å². The molecule has 1 aromatic carbocycles. The Labute approximate surface area is 117 Å². The Balaban J connectivity index is 2.19. The van der Waals surface area contributed by atoms with Crippen LogP contribution in [-0.2, 0) is 0 Å². The first kappa shape index (κ1) is 13.1. The van der Waals surface area contributed by atoms with E-state index in [2.05, 4.69) is 64.3 Å². The molecular weight excluding hydrogens is 288 g/mol. The normalized spacial score (nSPS) is 12.2. The number of benzene rings is 1. The van der Waals surface area contributed by atoms with Gasteiger partial charge < -0.3 is 5.32 Å². The van der Waals surface area contributed by atoms with Crippen LogP contribution < -0.4 is 5.32 Å². The minimum Gasteiger partial charge on any atom is -0.364 e. The highest BCUT2D eigenvalue weighted by molar-refractivity contribution is 9.10. The number of hydrogen-bond acceptors (Lipinski definition) is 2. The molecule has 1 unspecified atom stereocenters. The number of aryl methyl sites for hydroxylation is 2. The number of nitrogens with zero attached hydrogens (tertiary/aromatic N) is 1. The van der Waals surface area contributed by atoms with Gasteiger partial charge in [-0.2, -0.15) is 0 Å². The highest BCUT2D eigenvalue weighted by Crippen LogP contribution is 2.22. The molecule has 0 fully saturated rings. The van der Waals surface area contributed by atoms with Crippen molar-refractivity contribution in [3.63, 3.8) is 0 Å². The van der Waals surface area contributed by atoms with Crippen LogP contribution in [0.1, 0.15) is 29.8 Å². The van der Waals surface area contributed by atoms with Crippen molar-refractivity contribution in [3.05, 3.63) is 57.7 Å². The summed E-state index contributed by atoms with van der Waals surface area (Å²) in [5.74, 6) is 0.909. The third kappa shape index (κ3) is 2.91. The summed E-state index contributed by atoms with van der Waals surface area (Å²) >= 11 is 3.46. The maximum absolute atomic E-state index is 4.51. The van der Waals surface area contributed by atoms with Gasteiger partial charge in [0.2, 0.25) is 0 Å². The van der Waals surface area contributed by atoms with Gasteiger partial charge in [0.1, 0.15) is 5.82 Å². The molecule has 3 heteroatoms. The fraction of sp³-hybridized carbons (Fsp3) is 0.267. The van der Waals surface area contributed by atoms with Gasteiger partial charge in [-0.15, -0.1) is 0 Å². The van der Waals surface area contributed by atoms with E-state index < -0.39 is 0 Å². The van der Waals surface area contributed by atoms with Crippen molar-refractivity contribution in [1.29, 1.82) is 0 Å². The van der Waals surface area contributed by atoms with Crippen molar-refractivity contribution >= 4 is 21.7 Å². The third-order valence-corrected chi connectivity index (χ3v) is 3.88. The van der Waals surface area contributed by atoms with Crippen LogP contribution in [0.25, 0.3) is 0 Å². The molecule has 1 heterocycles. The average Bonchev–Trinajstić information content (AvgIpc) is 2.34. The van der Waals surface area contributed by atoms with E-state index in [1.54, 1.807) is 0 Å². The van der Waals surface area contributed by atoms with E-state index in [-0.39, 0.29) is 6.04 Å². The molecule has 0 aliphatic heterocycles. The zero-order valence-corrected chi connectivity index (χ0v) is 12.5. The maximum Gasteiger partial charge on any atom is 0.126 e. The second-order valence-electron chi connectivity index (χ2n) is 4.49. The first-order valence-electron chi connectivity index (χ1n) is 6.03. The van der Waals surface area contributed by atoms with Crippen molar-refractivity contribution in [1.82, 2.24) is 4.98 Å². The molecule has 0 aliphatic carbocycles. The lowest BCUT2D eigenvalue weighted by atomic mass is 10.0. The smallest absolute Gasteiger partial charge is 0.126 e. The number of pyridine rings is 1. The second kappa shape index (κ2) is 5.53. The topological polar surface area (TPSA) is 24.9 Å². The second-order valence-corrected chi connectivity index (χ2v) is 5.34. The molecule has 0 bridgehead atoms. The maximum atomic E-state index is 4.51. The van der Waals surface area contributed by atoms with Crippen LogP contribution in [0, 0.1) is 13.8 Å². The van der Waals surface area contributed by atoms with Crippen LogP contribution in [0.5, 0.6) is 0 Å². The Hall–Kier alpha value is -1.35. The van der Waals surface area contributed by atoms with Gasteiger partial charge in [0.15, 0.2) is 0 Å². The predicted octanol–water partition coefficient (Wildman–Crippen LogP) is 4.63. The van der Waals surface area contributed by atoms with Gasteiger partial charge in [0.05, 0.1) is 11.7 Å². The van der Waals surface area contributed by atoms with Crippen LogP contribution in [0.15, 0.2) is 40.9 Å². The summed E-state index contributed by atoms with van der Waals surface area (Å²) in [5.41, 5.74) is 3.60. The number of aromatic nitrogens is 1. The van der Waals surface area contributed by atoms with Crippen molar-refractivity contribution in [2.75, 3.05) is 5.32 Å². The van der Waals surface area contributed by atoms with Gasteiger partial charge in [-0.05, 0) is 60.0 Å². The zero-order chi connectivity index (χ0) is 13.1. The number of nitrogens with one attached hydrogen (secondary N) is 1. The van der Waals surface area contributed by atoms with E-state index in [0.717, 1.165) is 16.0 Å². The molecule has 2 rings (SSSR count). The standard InChI is InChI=1S/C15H17BrN2/c1-10-6-4-5-7-13(10)11(2)17-15-9-8-14(16)12(3)18-15/h4-9,11H,1-3H3,(H,17,18). The summed E-state index contributed by atoms with van der Waals surface area (Å²) in [4.78, 5) is 4.51. The SMILES string of the molecule is Cc1ccccc1C(C)Nc1ccc(Br)c(C)n1. The molecule has 0 spiro atoms. The van der Waals surface area contributed by atoms with Crippen LogP contribution >= 0.6 is 15.9 Å². The first-order valence-corrected chi connectivity index (χ1v) is 6.82. The molecule has 0 saturated carbocycles. The minimum atomic E-state index is 0.249. The van der Waals surface area contributed by atoms with Crippen LogP contribution in [0.2, 0.25) is 0 Å². The number of rotatable bonds is 3. The van der Waals surface area contributed by atoms with E-state index in [1.807, 2.05) is 19.1 Å². The van der Waals surface area contributed by atoms with E-state index in [4.69, 9.17) is 0 Å². The molecule has 2 aromatic rings. The van der Waals surface area contributed by atoms with Gasteiger partial charge in [-0.1, -0.05) is 24.3 Å². The molecule has 1 aromatic heterocycles. The lowest BCUT2D eigenvalue weighted by molar-refractivity contribution is 0.862. The number of anilines is 1. The van der Waals surface area contributed by atoms with Gasteiger partial charge in [-0.3, -0.25) is 0 Å². The van der Waals surface area contributed by atoms with Gasteiger partial charge in [0.25, 0.3) is 0 Å². The molecule has 94 valence electrons. The summed E-state index contributed by atoms with van der Waals surface area (Å²) in [6, 6.07) is 12.7. The predicted molar refractivity (Wildman–Crippen MR) is 79.9 cm³/mol. The van der Waals surface area contributed by atoms with Gasteiger partial charge >= 0.3 is 0 Å². The Morgan fingerprint density at radius 2 is 1.83 bits per heavy atom. The zero-order valence-electron chi connectivity index (χ0n) is 10.9. The monoisotopic (exact) mass is 304 g/mol. The van der Waals surface area contributed by atoms with E-state index in [0.29, 0.717) is 0 Å². The fourth-order valence-electron chi connectivity index (χ4n) is 2.00. The summed E-state index contributed by atoms with van der Waals surface area (Å²) in [6.45, 7) is 6.28. The number of halogens is 1. The van der Waals surface area contributed by atoms with Crippen LogP contribution in [-0.4, -0.2) is 4.98 Å². The molecule has 2 nitrogen and oxygen atoms in total. The fourth-order valence-corrected chi connectivity index (χ4v) is 2.22. The van der Waals surface area contributed by atoms with Gasteiger partial charge in [0, 0.05) is 4.47 Å². The number of hydrogen-bond donors (Lipinski definition) is 1. The summed E-state index contributed by atoms with van der Waals surface area (Å²) in [6.07, 6.45) is 0. The Bertz CT molecular complexity index is 552. The Kier molecular flexibility index (Phi) is 4.02.